The summed E-state index contributed by atoms with van der Waals surface area (Å²) in [5.41, 5.74) is 5.36. The minimum Gasteiger partial charge on any atom is -0.493 e. The van der Waals surface area contributed by atoms with Crippen LogP contribution in [-0.4, -0.2) is 62.3 Å². The largest absolute Gasteiger partial charge is 0.493 e. The standard InChI is InChI=1S/C35H44N4O4/c40-34(37-20-8-2-7-19-36-26-27-13-14-33-29(25-27)18-24-42-33)17-23-39-21-15-30(16-22-39)43-35(41)38-32-12-6-5-11-31(32)28-9-3-1-4-10-28/h1,3-6,9-14,25,30,36H,2,7-8,15-24,26H2,(H,37,40)(H,38,41). The minimum absolute atomic E-state index is 0.105. The van der Waals surface area contributed by atoms with E-state index in [2.05, 4.69) is 39.0 Å². The SMILES string of the molecule is O=C(CCN1CCC(OC(=O)Nc2ccccc2-c2ccccc2)CC1)NCCCCCNCc1ccc2c(c1)CCO2. The first-order valence-corrected chi connectivity index (χ1v) is 15.7. The van der Waals surface area contributed by atoms with Crippen LogP contribution in [0.25, 0.3) is 11.1 Å². The number of para-hydroxylation sites is 1. The summed E-state index contributed by atoms with van der Waals surface area (Å²) in [6.07, 6.45) is 5.67. The van der Waals surface area contributed by atoms with E-state index in [1.54, 1.807) is 0 Å². The Morgan fingerprint density at radius 3 is 2.56 bits per heavy atom. The van der Waals surface area contributed by atoms with Crippen LogP contribution in [0.2, 0.25) is 0 Å². The molecular formula is C35H44N4O4. The van der Waals surface area contributed by atoms with Crippen LogP contribution in [0.1, 0.15) is 49.7 Å². The fourth-order valence-corrected chi connectivity index (χ4v) is 5.71. The summed E-state index contributed by atoms with van der Waals surface area (Å²) in [5.74, 6) is 1.14. The fourth-order valence-electron chi connectivity index (χ4n) is 5.71. The zero-order chi connectivity index (χ0) is 29.7. The predicted octanol–water partition coefficient (Wildman–Crippen LogP) is 5.77. The number of carbonyl (C=O) groups excluding carboxylic acids is 2. The highest BCUT2D eigenvalue weighted by molar-refractivity contribution is 5.91. The van der Waals surface area contributed by atoms with Crippen LogP contribution in [0.5, 0.6) is 5.75 Å². The lowest BCUT2D eigenvalue weighted by Crippen LogP contribution is -2.40. The zero-order valence-electron chi connectivity index (χ0n) is 25.0. The topological polar surface area (TPSA) is 91.9 Å². The van der Waals surface area contributed by atoms with E-state index in [0.29, 0.717) is 6.42 Å². The van der Waals surface area contributed by atoms with Crippen molar-refractivity contribution >= 4 is 17.7 Å². The minimum atomic E-state index is -0.424. The molecule has 43 heavy (non-hydrogen) atoms. The number of rotatable bonds is 14. The average molecular weight is 585 g/mol. The third kappa shape index (κ3) is 9.56. The van der Waals surface area contributed by atoms with Crippen molar-refractivity contribution in [3.8, 4) is 16.9 Å². The Hall–Kier alpha value is -3.88. The second-order valence-corrected chi connectivity index (χ2v) is 11.4. The molecule has 2 aliphatic heterocycles. The molecule has 0 aromatic heterocycles. The Balaban J connectivity index is 0.886. The lowest BCUT2D eigenvalue weighted by Gasteiger charge is -2.31. The normalized spacial score (nSPS) is 15.0. The summed E-state index contributed by atoms with van der Waals surface area (Å²) < 4.78 is 11.3. The predicted molar refractivity (Wildman–Crippen MR) is 170 cm³/mol. The molecule has 8 heteroatoms. The summed E-state index contributed by atoms with van der Waals surface area (Å²) in [4.78, 5) is 27.3. The lowest BCUT2D eigenvalue weighted by molar-refractivity contribution is -0.121. The molecule has 8 nitrogen and oxygen atoms in total. The number of nitrogens with one attached hydrogen (secondary N) is 3. The van der Waals surface area contributed by atoms with Gasteiger partial charge < -0.3 is 25.0 Å². The number of anilines is 1. The molecule has 2 amide bonds. The van der Waals surface area contributed by atoms with Gasteiger partial charge in [-0.25, -0.2) is 4.79 Å². The van der Waals surface area contributed by atoms with Gasteiger partial charge in [-0.1, -0.05) is 67.1 Å². The smallest absolute Gasteiger partial charge is 0.411 e. The zero-order valence-corrected chi connectivity index (χ0v) is 25.0. The van der Waals surface area contributed by atoms with Crippen molar-refractivity contribution in [1.82, 2.24) is 15.5 Å². The van der Waals surface area contributed by atoms with Crippen LogP contribution in [0.15, 0.2) is 72.8 Å². The van der Waals surface area contributed by atoms with Crippen molar-refractivity contribution in [3.05, 3.63) is 83.9 Å². The molecule has 0 spiro atoms. The van der Waals surface area contributed by atoms with Gasteiger partial charge in [0.2, 0.25) is 5.91 Å². The first-order chi connectivity index (χ1) is 21.1. The van der Waals surface area contributed by atoms with Gasteiger partial charge >= 0.3 is 6.09 Å². The van der Waals surface area contributed by atoms with Crippen molar-refractivity contribution in [2.24, 2.45) is 0 Å². The monoisotopic (exact) mass is 584 g/mol. The van der Waals surface area contributed by atoms with Crippen LogP contribution in [0.4, 0.5) is 10.5 Å². The molecule has 0 atom stereocenters. The van der Waals surface area contributed by atoms with E-state index >= 15 is 0 Å². The van der Waals surface area contributed by atoms with E-state index in [4.69, 9.17) is 9.47 Å². The van der Waals surface area contributed by atoms with Crippen molar-refractivity contribution in [2.45, 2.75) is 57.6 Å². The van der Waals surface area contributed by atoms with Crippen molar-refractivity contribution < 1.29 is 19.1 Å². The summed E-state index contributed by atoms with van der Waals surface area (Å²) in [7, 11) is 0. The molecule has 1 saturated heterocycles. The number of likely N-dealkylation sites (tertiary alicyclic amines) is 1. The van der Waals surface area contributed by atoms with E-state index < -0.39 is 6.09 Å². The van der Waals surface area contributed by atoms with Gasteiger partial charge in [-0.05, 0) is 61.1 Å². The van der Waals surface area contributed by atoms with Gasteiger partial charge in [0.25, 0.3) is 0 Å². The van der Waals surface area contributed by atoms with Crippen molar-refractivity contribution in [1.29, 1.82) is 0 Å². The molecule has 0 bridgehead atoms. The quantitative estimate of drug-likeness (QED) is 0.209. The summed E-state index contributed by atoms with van der Waals surface area (Å²) in [6.45, 7) is 5.74. The number of hydrogen-bond acceptors (Lipinski definition) is 6. The Bertz CT molecular complexity index is 1320. The van der Waals surface area contributed by atoms with Gasteiger partial charge in [0.15, 0.2) is 0 Å². The third-order valence-corrected chi connectivity index (χ3v) is 8.15. The lowest BCUT2D eigenvalue weighted by atomic mass is 10.0. The van der Waals surface area contributed by atoms with Gasteiger partial charge in [-0.2, -0.15) is 0 Å². The summed E-state index contributed by atoms with van der Waals surface area (Å²) >= 11 is 0. The van der Waals surface area contributed by atoms with Crippen LogP contribution in [0, 0.1) is 0 Å². The second kappa shape index (κ2) is 16.1. The Labute approximate surface area is 255 Å². The third-order valence-electron chi connectivity index (χ3n) is 8.15. The number of nitrogens with zero attached hydrogens (tertiary/aromatic N) is 1. The maximum Gasteiger partial charge on any atom is 0.411 e. The summed E-state index contributed by atoms with van der Waals surface area (Å²) in [5, 5.41) is 9.50. The van der Waals surface area contributed by atoms with Gasteiger partial charge in [-0.3, -0.25) is 10.1 Å². The van der Waals surface area contributed by atoms with E-state index in [0.717, 1.165) is 107 Å². The number of unbranched alkanes of at least 4 members (excludes halogenated alkanes) is 2. The van der Waals surface area contributed by atoms with Crippen molar-refractivity contribution in [2.75, 3.05) is 44.6 Å². The highest BCUT2D eigenvalue weighted by Crippen LogP contribution is 2.28. The molecule has 0 unspecified atom stereocenters. The van der Waals surface area contributed by atoms with Crippen LogP contribution in [0.3, 0.4) is 0 Å². The molecule has 5 rings (SSSR count). The average Bonchev–Trinajstić information content (AvgIpc) is 3.51. The van der Waals surface area contributed by atoms with Gasteiger partial charge in [0, 0.05) is 51.1 Å². The second-order valence-electron chi connectivity index (χ2n) is 11.4. The van der Waals surface area contributed by atoms with Crippen LogP contribution >= 0.6 is 0 Å². The van der Waals surface area contributed by atoms with Gasteiger partial charge in [0.1, 0.15) is 11.9 Å². The molecule has 3 N–H and O–H groups in total. The van der Waals surface area contributed by atoms with E-state index in [1.807, 2.05) is 54.6 Å². The number of benzene rings is 3. The Kier molecular flexibility index (Phi) is 11.4. The van der Waals surface area contributed by atoms with E-state index in [1.165, 1.54) is 11.1 Å². The number of carbonyl (C=O) groups is 2. The first kappa shape index (κ1) is 30.6. The number of fused-ring (bicyclic) bond motifs is 1. The molecule has 0 radical (unpaired) electrons. The maximum atomic E-state index is 12.6. The molecule has 2 aliphatic rings. The summed E-state index contributed by atoms with van der Waals surface area (Å²) in [6, 6.07) is 24.2. The van der Waals surface area contributed by atoms with Crippen molar-refractivity contribution in [3.63, 3.8) is 0 Å². The van der Waals surface area contributed by atoms with Gasteiger partial charge in [-0.15, -0.1) is 0 Å². The molecule has 0 saturated carbocycles. The Morgan fingerprint density at radius 1 is 0.907 bits per heavy atom. The molecule has 0 aliphatic carbocycles. The fraction of sp³-hybridized carbons (Fsp3) is 0.429. The molecule has 1 fully saturated rings. The molecule has 2 heterocycles. The number of hydrogen-bond donors (Lipinski definition) is 3. The highest BCUT2D eigenvalue weighted by atomic mass is 16.6. The van der Waals surface area contributed by atoms with Gasteiger partial charge in [0.05, 0.1) is 12.3 Å². The van der Waals surface area contributed by atoms with E-state index in [9.17, 15) is 9.59 Å². The molecular weight excluding hydrogens is 540 g/mol. The number of ether oxygens (including phenoxy) is 2. The molecule has 228 valence electrons. The first-order valence-electron chi connectivity index (χ1n) is 15.7. The van der Waals surface area contributed by atoms with Crippen LogP contribution in [-0.2, 0) is 22.5 Å². The van der Waals surface area contributed by atoms with Crippen LogP contribution < -0.4 is 20.7 Å². The molecule has 3 aromatic rings. The molecule has 3 aromatic carbocycles. The number of amides is 2. The Morgan fingerprint density at radius 2 is 1.70 bits per heavy atom. The number of piperidine rings is 1. The highest BCUT2D eigenvalue weighted by Gasteiger charge is 2.23. The van der Waals surface area contributed by atoms with E-state index in [-0.39, 0.29) is 12.0 Å². The maximum absolute atomic E-state index is 12.6.